The minimum Gasteiger partial charge on any atom is -0.481 e. The SMILES string of the molecule is C.CC(=O)O.CC(=O)O.CC1CC1.COC(=O)c1ccc2ncc(C3CC3)cc2c1.COC(=O)c1ccc2ncc(I)cc2c1.[Pd]. The van der Waals surface area contributed by atoms with Crippen LogP contribution in [0.15, 0.2) is 60.9 Å². The number of carbonyl (C=O) groups is 4. The fourth-order valence-corrected chi connectivity index (χ4v) is 4.02. The van der Waals surface area contributed by atoms with Crippen molar-refractivity contribution in [3.63, 3.8) is 0 Å². The molecule has 252 valence electrons. The quantitative estimate of drug-likeness (QED) is 0.119. The molecule has 6 rings (SSSR count). The van der Waals surface area contributed by atoms with Crippen LogP contribution in [0.2, 0.25) is 0 Å². The number of fused-ring (bicyclic) bond motifs is 2. The van der Waals surface area contributed by atoms with Gasteiger partial charge >= 0.3 is 11.9 Å². The maximum absolute atomic E-state index is 11.4. The predicted molar refractivity (Wildman–Crippen MR) is 183 cm³/mol. The smallest absolute Gasteiger partial charge is 0.337 e. The first-order valence-electron chi connectivity index (χ1n) is 13.8. The van der Waals surface area contributed by atoms with Crippen LogP contribution in [-0.4, -0.2) is 58.3 Å². The van der Waals surface area contributed by atoms with Gasteiger partial charge in [0.25, 0.3) is 11.9 Å². The van der Waals surface area contributed by atoms with E-state index in [9.17, 15) is 9.59 Å². The molecule has 46 heavy (non-hydrogen) atoms. The van der Waals surface area contributed by atoms with Crippen molar-refractivity contribution < 1.29 is 59.3 Å². The maximum Gasteiger partial charge on any atom is 0.337 e. The minimum absolute atomic E-state index is 0. The van der Waals surface area contributed by atoms with Gasteiger partial charge in [0.2, 0.25) is 0 Å². The normalized spacial score (nSPS) is 12.2. The van der Waals surface area contributed by atoms with Gasteiger partial charge < -0.3 is 19.7 Å². The average molecular weight is 839 g/mol. The van der Waals surface area contributed by atoms with Crippen LogP contribution < -0.4 is 0 Å². The molecule has 2 fully saturated rings. The number of pyridine rings is 2. The number of methoxy groups -OCH3 is 2. The van der Waals surface area contributed by atoms with Gasteiger partial charge in [0.15, 0.2) is 0 Å². The fraction of sp³-hybridized carbons (Fsp3) is 0.353. The van der Waals surface area contributed by atoms with Gasteiger partial charge in [-0.2, -0.15) is 0 Å². The van der Waals surface area contributed by atoms with Crippen LogP contribution >= 0.6 is 22.6 Å². The summed E-state index contributed by atoms with van der Waals surface area (Å²) in [6.07, 6.45) is 9.21. The Bertz CT molecular complexity index is 1590. The number of aromatic nitrogens is 2. The summed E-state index contributed by atoms with van der Waals surface area (Å²) >= 11 is 2.19. The van der Waals surface area contributed by atoms with Crippen molar-refractivity contribution in [1.29, 1.82) is 0 Å². The van der Waals surface area contributed by atoms with Crippen molar-refractivity contribution in [2.24, 2.45) is 5.92 Å². The zero-order valence-corrected chi connectivity index (χ0v) is 29.4. The van der Waals surface area contributed by atoms with E-state index in [1.54, 1.807) is 24.4 Å². The number of carboxylic acids is 2. The number of esters is 2. The number of halogens is 1. The summed E-state index contributed by atoms with van der Waals surface area (Å²) in [7, 11) is 2.77. The molecule has 0 atom stereocenters. The van der Waals surface area contributed by atoms with E-state index in [0.717, 1.165) is 45.1 Å². The molecule has 0 radical (unpaired) electrons. The summed E-state index contributed by atoms with van der Waals surface area (Å²) in [5.74, 6) is -0.534. The fourth-order valence-electron chi connectivity index (χ4n) is 3.55. The van der Waals surface area contributed by atoms with Crippen LogP contribution in [0.1, 0.15) is 86.1 Å². The van der Waals surface area contributed by atoms with Gasteiger partial charge in [-0.25, -0.2) is 9.59 Å². The second kappa shape index (κ2) is 21.3. The molecule has 2 N–H and O–H groups in total. The van der Waals surface area contributed by atoms with Crippen LogP contribution in [0.4, 0.5) is 0 Å². The Morgan fingerprint density at radius 3 is 1.50 bits per heavy atom. The zero-order valence-electron chi connectivity index (χ0n) is 25.7. The van der Waals surface area contributed by atoms with Crippen molar-refractivity contribution in [3.05, 3.63) is 81.2 Å². The second-order valence-electron chi connectivity index (χ2n) is 10.2. The first kappa shape index (κ1) is 42.5. The number of aliphatic carboxylic acids is 2. The third-order valence-corrected chi connectivity index (χ3v) is 6.70. The molecule has 4 aromatic rings. The standard InChI is InChI=1S/C14H13NO2.C11H8INO2.C4H8.2C2H4O2.CH4.Pd/c1-17-14(16)10-4-5-13-11(6-10)7-12(8-15-13)9-2-3-9;1-15-11(14)7-2-3-10-8(4-7)5-9(12)6-13-10;1-4-2-3-4;2*1-2(3)4;;/h4-9H,2-3H2,1H3;2-6H,1H3;4H,2-3H2,1H3;2*1H3,(H,3,4);1H4;. The van der Waals surface area contributed by atoms with Crippen molar-refractivity contribution in [2.45, 2.75) is 59.8 Å². The molecule has 0 saturated heterocycles. The van der Waals surface area contributed by atoms with E-state index in [1.165, 1.54) is 45.5 Å². The molecular weight excluding hydrogens is 798 g/mol. The van der Waals surface area contributed by atoms with Crippen molar-refractivity contribution in [2.75, 3.05) is 14.2 Å². The predicted octanol–water partition coefficient (Wildman–Crippen LogP) is 7.76. The Morgan fingerprint density at radius 1 is 0.739 bits per heavy atom. The Hall–Kier alpha value is -3.47. The number of carbonyl (C=O) groups excluding carboxylic acids is 2. The van der Waals surface area contributed by atoms with Gasteiger partial charge in [-0.3, -0.25) is 19.6 Å². The number of hydrogen-bond donors (Lipinski definition) is 2. The Kier molecular flexibility index (Phi) is 19.7. The van der Waals surface area contributed by atoms with E-state index in [-0.39, 0.29) is 39.8 Å². The number of nitrogens with zero attached hydrogens (tertiary/aromatic N) is 2. The van der Waals surface area contributed by atoms with Crippen LogP contribution in [-0.2, 0) is 39.5 Å². The van der Waals surface area contributed by atoms with Crippen LogP contribution in [0.5, 0.6) is 0 Å². The molecule has 0 bridgehead atoms. The molecule has 0 spiro atoms. The molecule has 2 heterocycles. The largest absolute Gasteiger partial charge is 0.481 e. The van der Waals surface area contributed by atoms with Crippen molar-refractivity contribution >= 4 is 68.3 Å². The summed E-state index contributed by atoms with van der Waals surface area (Å²) in [4.78, 5) is 49.4. The van der Waals surface area contributed by atoms with E-state index in [0.29, 0.717) is 17.0 Å². The number of benzene rings is 2. The molecule has 0 unspecified atom stereocenters. The third-order valence-electron chi connectivity index (χ3n) is 6.11. The molecule has 2 saturated carbocycles. The number of ether oxygens (including phenoxy) is 2. The Balaban J connectivity index is 0.000000634. The molecule has 2 aromatic heterocycles. The Morgan fingerprint density at radius 2 is 1.13 bits per heavy atom. The second-order valence-corrected chi connectivity index (χ2v) is 11.5. The van der Waals surface area contributed by atoms with E-state index in [1.807, 2.05) is 30.5 Å². The van der Waals surface area contributed by atoms with Crippen LogP contribution in [0.3, 0.4) is 0 Å². The molecule has 2 aliphatic carbocycles. The molecule has 10 nitrogen and oxygen atoms in total. The molecular formula is C34H41IN2O8Pd. The first-order chi connectivity index (χ1) is 20.8. The number of rotatable bonds is 3. The monoisotopic (exact) mass is 838 g/mol. The summed E-state index contributed by atoms with van der Waals surface area (Å²) < 4.78 is 10.4. The van der Waals surface area contributed by atoms with Gasteiger partial charge in [-0.1, -0.05) is 27.2 Å². The minimum atomic E-state index is -0.833. The van der Waals surface area contributed by atoms with Gasteiger partial charge in [-0.05, 0) is 101 Å². The van der Waals surface area contributed by atoms with E-state index < -0.39 is 11.9 Å². The Labute approximate surface area is 297 Å². The molecule has 2 aromatic carbocycles. The van der Waals surface area contributed by atoms with Gasteiger partial charge in [0.1, 0.15) is 0 Å². The summed E-state index contributed by atoms with van der Waals surface area (Å²) in [6, 6.07) is 14.9. The van der Waals surface area contributed by atoms with E-state index in [2.05, 4.69) is 50.3 Å². The van der Waals surface area contributed by atoms with E-state index in [4.69, 9.17) is 24.5 Å². The van der Waals surface area contributed by atoms with Crippen LogP contribution in [0.25, 0.3) is 21.8 Å². The summed E-state index contributed by atoms with van der Waals surface area (Å²) in [5.41, 5.74) is 4.20. The summed E-state index contributed by atoms with van der Waals surface area (Å²) in [6.45, 7) is 4.44. The third kappa shape index (κ3) is 16.2. The molecule has 12 heteroatoms. The van der Waals surface area contributed by atoms with Crippen molar-refractivity contribution in [1.82, 2.24) is 9.97 Å². The number of hydrogen-bond acceptors (Lipinski definition) is 8. The maximum atomic E-state index is 11.4. The topological polar surface area (TPSA) is 153 Å². The zero-order chi connectivity index (χ0) is 32.8. The molecule has 0 aliphatic heterocycles. The molecule has 0 amide bonds. The average Bonchev–Trinajstić information content (AvgIpc) is 3.93. The molecule has 2 aliphatic rings. The van der Waals surface area contributed by atoms with Crippen molar-refractivity contribution in [3.8, 4) is 0 Å². The first-order valence-corrected chi connectivity index (χ1v) is 14.9. The number of carboxylic acid groups (broad SMARTS) is 2. The van der Waals surface area contributed by atoms with Crippen LogP contribution in [0, 0.1) is 9.49 Å². The van der Waals surface area contributed by atoms with Gasteiger partial charge in [0, 0.05) is 61.0 Å². The van der Waals surface area contributed by atoms with Gasteiger partial charge in [0.05, 0.1) is 36.4 Å². The van der Waals surface area contributed by atoms with Gasteiger partial charge in [-0.15, -0.1) is 0 Å². The summed E-state index contributed by atoms with van der Waals surface area (Å²) in [5, 5.41) is 16.8. The van der Waals surface area contributed by atoms with E-state index >= 15 is 0 Å².